The van der Waals surface area contributed by atoms with Crippen molar-refractivity contribution in [3.8, 4) is 0 Å². The summed E-state index contributed by atoms with van der Waals surface area (Å²) in [4.78, 5) is 4.28. The predicted octanol–water partition coefficient (Wildman–Crippen LogP) is 2.31. The van der Waals surface area contributed by atoms with E-state index in [1.165, 1.54) is 19.3 Å². The lowest BCUT2D eigenvalue weighted by Crippen LogP contribution is -2.25. The van der Waals surface area contributed by atoms with Crippen LogP contribution in [0.4, 0.5) is 0 Å². The zero-order valence-corrected chi connectivity index (χ0v) is 10.7. The smallest absolute Gasteiger partial charge is 0.138 e. The highest BCUT2D eigenvalue weighted by Gasteiger charge is 2.11. The van der Waals surface area contributed by atoms with Gasteiger partial charge in [-0.25, -0.2) is 9.67 Å². The average molecular weight is 224 g/mol. The lowest BCUT2D eigenvalue weighted by Gasteiger charge is -2.13. The van der Waals surface area contributed by atoms with Crippen molar-refractivity contribution in [2.75, 3.05) is 0 Å². The van der Waals surface area contributed by atoms with Crippen molar-refractivity contribution in [3.05, 3.63) is 12.2 Å². The zero-order chi connectivity index (χ0) is 12.0. The Bertz CT molecular complexity index is 293. The lowest BCUT2D eigenvalue weighted by molar-refractivity contribution is 0.476. The van der Waals surface area contributed by atoms with E-state index < -0.39 is 0 Å². The van der Waals surface area contributed by atoms with Gasteiger partial charge in [0, 0.05) is 18.5 Å². The molecule has 1 aromatic heterocycles. The minimum absolute atomic E-state index is 0.216. The number of hydrogen-bond donors (Lipinski definition) is 1. The molecular formula is C12H24N4. The van der Waals surface area contributed by atoms with Crippen molar-refractivity contribution in [2.45, 2.75) is 65.0 Å². The van der Waals surface area contributed by atoms with E-state index in [9.17, 15) is 0 Å². The van der Waals surface area contributed by atoms with Crippen molar-refractivity contribution < 1.29 is 0 Å². The van der Waals surface area contributed by atoms with Crippen LogP contribution in [0.3, 0.4) is 0 Å². The topological polar surface area (TPSA) is 56.7 Å². The van der Waals surface area contributed by atoms with Crippen molar-refractivity contribution in [1.29, 1.82) is 0 Å². The summed E-state index contributed by atoms with van der Waals surface area (Å²) in [5.74, 6) is 1.01. The molecular weight excluding hydrogens is 200 g/mol. The summed E-state index contributed by atoms with van der Waals surface area (Å²) >= 11 is 0. The van der Waals surface area contributed by atoms with E-state index in [1.807, 2.05) is 4.68 Å². The van der Waals surface area contributed by atoms with Crippen LogP contribution in [0, 0.1) is 0 Å². The van der Waals surface area contributed by atoms with E-state index in [2.05, 4.69) is 30.9 Å². The van der Waals surface area contributed by atoms with E-state index >= 15 is 0 Å². The summed E-state index contributed by atoms with van der Waals surface area (Å²) in [5.41, 5.74) is 6.09. The molecule has 0 spiro atoms. The summed E-state index contributed by atoms with van der Waals surface area (Å²) in [6.07, 6.45) is 7.27. The highest BCUT2D eigenvalue weighted by molar-refractivity contribution is 4.90. The summed E-state index contributed by atoms with van der Waals surface area (Å²) in [6.45, 7) is 6.43. The van der Waals surface area contributed by atoms with Gasteiger partial charge in [0.2, 0.25) is 0 Å². The van der Waals surface area contributed by atoms with Crippen molar-refractivity contribution in [2.24, 2.45) is 5.73 Å². The molecule has 0 radical (unpaired) electrons. The van der Waals surface area contributed by atoms with Crippen molar-refractivity contribution in [1.82, 2.24) is 14.8 Å². The van der Waals surface area contributed by atoms with Crippen LogP contribution in [-0.4, -0.2) is 20.8 Å². The van der Waals surface area contributed by atoms with Gasteiger partial charge in [0.05, 0.1) is 0 Å². The van der Waals surface area contributed by atoms with Crippen LogP contribution in [0.25, 0.3) is 0 Å². The molecule has 2 N–H and O–H groups in total. The first-order chi connectivity index (χ1) is 7.65. The minimum Gasteiger partial charge on any atom is -0.327 e. The first-order valence-corrected chi connectivity index (χ1v) is 6.29. The summed E-state index contributed by atoms with van der Waals surface area (Å²) in [6, 6.07) is 0.577. The average Bonchev–Trinajstić information content (AvgIpc) is 2.66. The molecule has 0 aliphatic carbocycles. The zero-order valence-electron chi connectivity index (χ0n) is 10.7. The van der Waals surface area contributed by atoms with Gasteiger partial charge in [-0.3, -0.25) is 0 Å². The molecule has 4 heteroatoms. The fourth-order valence-electron chi connectivity index (χ4n) is 1.84. The Morgan fingerprint density at radius 3 is 2.75 bits per heavy atom. The van der Waals surface area contributed by atoms with E-state index in [-0.39, 0.29) is 6.04 Å². The second kappa shape index (κ2) is 6.63. The molecule has 0 bridgehead atoms. The molecule has 0 saturated carbocycles. The van der Waals surface area contributed by atoms with Gasteiger partial charge >= 0.3 is 0 Å². The van der Waals surface area contributed by atoms with Crippen LogP contribution in [0.1, 0.15) is 58.3 Å². The maximum Gasteiger partial charge on any atom is 0.138 e. The molecule has 1 heterocycles. The maximum atomic E-state index is 6.09. The molecule has 1 aromatic rings. The third-order valence-corrected chi connectivity index (χ3v) is 2.76. The molecule has 0 aliphatic heterocycles. The number of rotatable bonds is 7. The number of unbranched alkanes of at least 4 members (excludes halogenated alkanes) is 2. The quantitative estimate of drug-likeness (QED) is 0.723. The second-order valence-corrected chi connectivity index (χ2v) is 4.67. The molecule has 1 atom stereocenters. The van der Waals surface area contributed by atoms with Gasteiger partial charge in [-0.15, -0.1) is 0 Å². The Morgan fingerprint density at radius 2 is 2.12 bits per heavy atom. The Morgan fingerprint density at radius 1 is 1.38 bits per heavy atom. The van der Waals surface area contributed by atoms with Crippen LogP contribution in [0.2, 0.25) is 0 Å². The Hall–Kier alpha value is -0.900. The van der Waals surface area contributed by atoms with Crippen LogP contribution in [0.5, 0.6) is 0 Å². The summed E-state index contributed by atoms with van der Waals surface area (Å²) in [5, 5.41) is 4.22. The van der Waals surface area contributed by atoms with Gasteiger partial charge < -0.3 is 5.73 Å². The Balaban J connectivity index is 2.43. The van der Waals surface area contributed by atoms with Gasteiger partial charge in [-0.1, -0.05) is 26.2 Å². The number of aromatic nitrogens is 3. The molecule has 16 heavy (non-hydrogen) atoms. The third kappa shape index (κ3) is 3.93. The summed E-state index contributed by atoms with van der Waals surface area (Å²) < 4.78 is 1.96. The first kappa shape index (κ1) is 13.2. The highest BCUT2D eigenvalue weighted by Crippen LogP contribution is 2.10. The molecule has 92 valence electrons. The Kier molecular flexibility index (Phi) is 5.46. The molecule has 0 amide bonds. The highest BCUT2D eigenvalue weighted by atomic mass is 15.3. The van der Waals surface area contributed by atoms with Crippen LogP contribution >= 0.6 is 0 Å². The molecule has 1 rings (SSSR count). The van der Waals surface area contributed by atoms with E-state index in [0.29, 0.717) is 6.04 Å². The molecule has 1 unspecified atom stereocenters. The van der Waals surface area contributed by atoms with Gasteiger partial charge in [0.15, 0.2) is 0 Å². The normalized spacial score (nSPS) is 13.3. The van der Waals surface area contributed by atoms with E-state index in [4.69, 9.17) is 5.73 Å². The molecule has 0 fully saturated rings. The van der Waals surface area contributed by atoms with Crippen molar-refractivity contribution in [3.63, 3.8) is 0 Å². The van der Waals surface area contributed by atoms with Crippen LogP contribution < -0.4 is 5.73 Å². The molecule has 4 nitrogen and oxygen atoms in total. The number of hydrogen-bond acceptors (Lipinski definition) is 3. The van der Waals surface area contributed by atoms with Gasteiger partial charge in [-0.05, 0) is 20.3 Å². The molecule has 0 saturated heterocycles. The fourth-order valence-corrected chi connectivity index (χ4v) is 1.84. The van der Waals surface area contributed by atoms with Crippen LogP contribution in [0.15, 0.2) is 6.33 Å². The molecule has 0 aromatic carbocycles. The number of nitrogens with zero attached hydrogens (tertiary/aromatic N) is 3. The van der Waals surface area contributed by atoms with Crippen molar-refractivity contribution >= 4 is 0 Å². The first-order valence-electron chi connectivity index (χ1n) is 6.29. The third-order valence-electron chi connectivity index (χ3n) is 2.76. The van der Waals surface area contributed by atoms with Gasteiger partial charge in [0.1, 0.15) is 12.2 Å². The number of nitrogens with two attached hydrogens (primary N) is 1. The van der Waals surface area contributed by atoms with Gasteiger partial charge in [-0.2, -0.15) is 5.10 Å². The maximum absolute atomic E-state index is 6.09. The largest absolute Gasteiger partial charge is 0.327 e. The fraction of sp³-hybridized carbons (Fsp3) is 0.833. The Labute approximate surface area is 98.2 Å². The second-order valence-electron chi connectivity index (χ2n) is 4.67. The lowest BCUT2D eigenvalue weighted by atomic mass is 10.1. The standard InChI is InChI=1S/C12H24N4/c1-4-5-6-7-11(13)8-12-14-9-15-16(12)10(2)3/h9-11H,4-8,13H2,1-3H3. The summed E-state index contributed by atoms with van der Waals surface area (Å²) in [7, 11) is 0. The van der Waals surface area contributed by atoms with Gasteiger partial charge in [0.25, 0.3) is 0 Å². The molecule has 0 aliphatic rings. The van der Waals surface area contributed by atoms with E-state index in [0.717, 1.165) is 18.7 Å². The minimum atomic E-state index is 0.216. The predicted molar refractivity (Wildman–Crippen MR) is 66.2 cm³/mol. The van der Waals surface area contributed by atoms with E-state index in [1.54, 1.807) is 6.33 Å². The monoisotopic (exact) mass is 224 g/mol. The van der Waals surface area contributed by atoms with Crippen LogP contribution in [-0.2, 0) is 6.42 Å². The SMILES string of the molecule is CCCCCC(N)Cc1ncnn1C(C)C.